The summed E-state index contributed by atoms with van der Waals surface area (Å²) in [5, 5.41) is 2.93. The second kappa shape index (κ2) is 10.2. The van der Waals surface area contributed by atoms with Gasteiger partial charge in [0.2, 0.25) is 15.9 Å². The Morgan fingerprint density at radius 2 is 1.96 bits per heavy atom. The van der Waals surface area contributed by atoms with E-state index in [-0.39, 0.29) is 5.91 Å². The topological polar surface area (TPSA) is 79.0 Å². The highest BCUT2D eigenvalue weighted by atomic mass is 32.2. The molecule has 1 amide bonds. The fourth-order valence-corrected chi connectivity index (χ4v) is 4.71. The van der Waals surface area contributed by atoms with Gasteiger partial charge in [-0.05, 0) is 50.4 Å². The maximum atomic E-state index is 12.8. The number of carbonyl (C=O) groups is 1. The standard InChI is InChI=1S/C20H33N3O4S/c1-5-18(20(24)21-9-6-10-22-11-13-27-14-12-22)23(28(4,25)26)19-15-16(2)7-8-17(19)3/h7-8,15,18H,5-6,9-14H2,1-4H3,(H,21,24)/t18-/m1/s1. The maximum Gasteiger partial charge on any atom is 0.243 e. The molecule has 1 aliphatic rings. The molecule has 1 atom stereocenters. The quantitative estimate of drug-likeness (QED) is 0.626. The van der Waals surface area contributed by atoms with Crippen molar-refractivity contribution >= 4 is 21.6 Å². The van der Waals surface area contributed by atoms with E-state index in [0.717, 1.165) is 56.7 Å². The molecule has 0 unspecified atom stereocenters. The maximum absolute atomic E-state index is 12.8. The summed E-state index contributed by atoms with van der Waals surface area (Å²) in [6.07, 6.45) is 2.38. The van der Waals surface area contributed by atoms with Crippen LogP contribution in [0.4, 0.5) is 5.69 Å². The molecule has 1 fully saturated rings. The van der Waals surface area contributed by atoms with Crippen LogP contribution >= 0.6 is 0 Å². The lowest BCUT2D eigenvalue weighted by Gasteiger charge is -2.31. The molecular formula is C20H33N3O4S. The number of rotatable bonds is 9. The minimum absolute atomic E-state index is 0.254. The SMILES string of the molecule is CC[C@H](C(=O)NCCCN1CCOCC1)N(c1cc(C)ccc1C)S(C)(=O)=O. The number of benzene rings is 1. The minimum atomic E-state index is -3.61. The Hall–Kier alpha value is -1.64. The van der Waals surface area contributed by atoms with E-state index in [0.29, 0.717) is 18.7 Å². The molecule has 2 rings (SSSR count). The number of morpholine rings is 1. The number of anilines is 1. The van der Waals surface area contributed by atoms with Gasteiger partial charge in [0.15, 0.2) is 0 Å². The second-order valence-corrected chi connectivity index (χ2v) is 9.23. The number of ether oxygens (including phenoxy) is 1. The lowest BCUT2D eigenvalue weighted by molar-refractivity contribution is -0.122. The molecule has 1 heterocycles. The molecule has 158 valence electrons. The molecule has 8 heteroatoms. The van der Waals surface area contributed by atoms with Crippen molar-refractivity contribution in [2.45, 2.75) is 39.7 Å². The highest BCUT2D eigenvalue weighted by molar-refractivity contribution is 7.92. The minimum Gasteiger partial charge on any atom is -0.379 e. The normalized spacial score (nSPS) is 16.6. The zero-order valence-electron chi connectivity index (χ0n) is 17.4. The fraction of sp³-hybridized carbons (Fsp3) is 0.650. The molecule has 28 heavy (non-hydrogen) atoms. The summed E-state index contributed by atoms with van der Waals surface area (Å²) in [5.74, 6) is -0.254. The van der Waals surface area contributed by atoms with Gasteiger partial charge in [-0.25, -0.2) is 8.42 Å². The highest BCUT2D eigenvalue weighted by Crippen LogP contribution is 2.27. The zero-order chi connectivity index (χ0) is 20.7. The Kier molecular flexibility index (Phi) is 8.27. The summed E-state index contributed by atoms with van der Waals surface area (Å²) in [7, 11) is -3.61. The van der Waals surface area contributed by atoms with Crippen molar-refractivity contribution in [2.75, 3.05) is 50.0 Å². The van der Waals surface area contributed by atoms with Gasteiger partial charge in [-0.3, -0.25) is 14.0 Å². The average molecular weight is 412 g/mol. The van der Waals surface area contributed by atoms with Crippen LogP contribution < -0.4 is 9.62 Å². The zero-order valence-corrected chi connectivity index (χ0v) is 18.2. The van der Waals surface area contributed by atoms with Gasteiger partial charge in [0, 0.05) is 19.6 Å². The number of carbonyl (C=O) groups excluding carboxylic acids is 1. The van der Waals surface area contributed by atoms with Gasteiger partial charge in [-0.15, -0.1) is 0 Å². The van der Waals surface area contributed by atoms with E-state index in [2.05, 4.69) is 10.2 Å². The van der Waals surface area contributed by atoms with Crippen molar-refractivity contribution in [3.05, 3.63) is 29.3 Å². The van der Waals surface area contributed by atoms with Crippen LogP contribution in [0.15, 0.2) is 18.2 Å². The first-order chi connectivity index (χ1) is 13.2. The van der Waals surface area contributed by atoms with Gasteiger partial charge in [0.05, 0.1) is 25.2 Å². The highest BCUT2D eigenvalue weighted by Gasteiger charge is 2.32. The molecular weight excluding hydrogens is 378 g/mol. The Bertz CT molecular complexity index is 761. The van der Waals surface area contributed by atoms with Crippen molar-refractivity contribution in [1.82, 2.24) is 10.2 Å². The van der Waals surface area contributed by atoms with Gasteiger partial charge < -0.3 is 10.1 Å². The molecule has 0 aliphatic carbocycles. The molecule has 0 aromatic heterocycles. The van der Waals surface area contributed by atoms with Crippen LogP contribution in [0, 0.1) is 13.8 Å². The Morgan fingerprint density at radius 3 is 2.57 bits per heavy atom. The summed E-state index contributed by atoms with van der Waals surface area (Å²) in [5.41, 5.74) is 2.35. The summed E-state index contributed by atoms with van der Waals surface area (Å²) in [4.78, 5) is 15.1. The number of hydrogen-bond donors (Lipinski definition) is 1. The third-order valence-corrected chi connectivity index (χ3v) is 6.15. The van der Waals surface area contributed by atoms with E-state index >= 15 is 0 Å². The predicted octanol–water partition coefficient (Wildman–Crippen LogP) is 1.69. The smallest absolute Gasteiger partial charge is 0.243 e. The molecule has 1 aromatic rings. The molecule has 0 radical (unpaired) electrons. The summed E-state index contributed by atoms with van der Waals surface area (Å²) < 4.78 is 31.7. The van der Waals surface area contributed by atoms with Gasteiger partial charge >= 0.3 is 0 Å². The number of nitrogens with one attached hydrogen (secondary N) is 1. The van der Waals surface area contributed by atoms with Crippen LogP contribution in [0.5, 0.6) is 0 Å². The monoisotopic (exact) mass is 411 g/mol. The third-order valence-electron chi connectivity index (χ3n) is 4.99. The van der Waals surface area contributed by atoms with Gasteiger partial charge in [-0.2, -0.15) is 0 Å². The number of sulfonamides is 1. The van der Waals surface area contributed by atoms with Crippen LogP contribution in [-0.2, 0) is 19.6 Å². The molecule has 0 saturated carbocycles. The average Bonchev–Trinajstić information content (AvgIpc) is 2.65. The van der Waals surface area contributed by atoms with Crippen LogP contribution in [0.2, 0.25) is 0 Å². The Morgan fingerprint density at radius 1 is 1.29 bits per heavy atom. The van der Waals surface area contributed by atoms with Crippen LogP contribution in [0.1, 0.15) is 30.9 Å². The first-order valence-corrected chi connectivity index (χ1v) is 11.7. The fourth-order valence-electron chi connectivity index (χ4n) is 3.45. The first-order valence-electron chi connectivity index (χ1n) is 9.88. The van der Waals surface area contributed by atoms with Crippen molar-refractivity contribution in [2.24, 2.45) is 0 Å². The summed E-state index contributed by atoms with van der Waals surface area (Å²) >= 11 is 0. The predicted molar refractivity (Wildman–Crippen MR) is 112 cm³/mol. The molecule has 0 bridgehead atoms. The number of aryl methyl sites for hydroxylation is 2. The van der Waals surface area contributed by atoms with E-state index in [1.54, 1.807) is 0 Å². The van der Waals surface area contributed by atoms with Crippen molar-refractivity contribution in [1.29, 1.82) is 0 Å². The van der Waals surface area contributed by atoms with Crippen LogP contribution in [0.3, 0.4) is 0 Å². The van der Waals surface area contributed by atoms with E-state index in [4.69, 9.17) is 4.74 Å². The molecule has 0 spiro atoms. The van der Waals surface area contributed by atoms with E-state index < -0.39 is 16.1 Å². The van der Waals surface area contributed by atoms with Crippen LogP contribution in [0.25, 0.3) is 0 Å². The lowest BCUT2D eigenvalue weighted by atomic mass is 10.1. The summed E-state index contributed by atoms with van der Waals surface area (Å²) in [6.45, 7) is 10.4. The third kappa shape index (κ3) is 6.18. The molecule has 7 nitrogen and oxygen atoms in total. The lowest BCUT2D eigenvalue weighted by Crippen LogP contribution is -2.50. The van der Waals surface area contributed by atoms with E-state index in [1.165, 1.54) is 4.31 Å². The number of hydrogen-bond acceptors (Lipinski definition) is 5. The molecule has 1 aliphatic heterocycles. The van der Waals surface area contributed by atoms with Gasteiger partial charge in [0.25, 0.3) is 0 Å². The van der Waals surface area contributed by atoms with Gasteiger partial charge in [0.1, 0.15) is 6.04 Å². The van der Waals surface area contributed by atoms with E-state index in [1.807, 2.05) is 39.0 Å². The number of amides is 1. The van der Waals surface area contributed by atoms with Crippen molar-refractivity contribution < 1.29 is 17.9 Å². The Balaban J connectivity index is 2.06. The van der Waals surface area contributed by atoms with E-state index in [9.17, 15) is 13.2 Å². The molecule has 1 saturated heterocycles. The number of nitrogens with zero attached hydrogens (tertiary/aromatic N) is 2. The van der Waals surface area contributed by atoms with Gasteiger partial charge in [-0.1, -0.05) is 19.1 Å². The first kappa shape index (κ1) is 22.6. The Labute approximate surface area is 169 Å². The van der Waals surface area contributed by atoms with Crippen molar-refractivity contribution in [3.63, 3.8) is 0 Å². The summed E-state index contributed by atoms with van der Waals surface area (Å²) in [6, 6.07) is 4.88. The molecule has 1 N–H and O–H groups in total. The molecule has 1 aromatic carbocycles. The second-order valence-electron chi connectivity index (χ2n) is 7.37. The largest absolute Gasteiger partial charge is 0.379 e. The van der Waals surface area contributed by atoms with Crippen molar-refractivity contribution in [3.8, 4) is 0 Å². The van der Waals surface area contributed by atoms with Crippen LogP contribution in [-0.4, -0.2) is 70.9 Å².